The molecule has 178 valence electrons. The smallest absolute Gasteiger partial charge is 0.242 e. The largest absolute Gasteiger partial charge is 0.352 e. The number of carbonyl (C=O) groups excluding carboxylic acids is 2. The summed E-state index contributed by atoms with van der Waals surface area (Å²) in [5.74, 6) is -0.239. The highest BCUT2D eigenvalue weighted by atomic mass is 16.2. The van der Waals surface area contributed by atoms with Gasteiger partial charge >= 0.3 is 0 Å². The number of nitrogens with zero attached hydrogens (tertiary/aromatic N) is 1. The van der Waals surface area contributed by atoms with Crippen LogP contribution >= 0.6 is 0 Å². The number of nitrogens with one attached hydrogen (secondary N) is 1. The van der Waals surface area contributed by atoms with Gasteiger partial charge in [0.2, 0.25) is 11.8 Å². The van der Waals surface area contributed by atoms with Gasteiger partial charge in [-0.25, -0.2) is 0 Å². The van der Waals surface area contributed by atoms with E-state index in [1.54, 1.807) is 4.90 Å². The van der Waals surface area contributed by atoms with E-state index in [1.807, 2.05) is 82.3 Å². The third-order valence-electron chi connectivity index (χ3n) is 6.39. The molecule has 0 fully saturated rings. The van der Waals surface area contributed by atoms with E-state index in [2.05, 4.69) is 35.6 Å². The minimum Gasteiger partial charge on any atom is -0.352 e. The number of aryl methyl sites for hydroxylation is 1. The van der Waals surface area contributed by atoms with Crippen LogP contribution < -0.4 is 5.32 Å². The van der Waals surface area contributed by atoms with Gasteiger partial charge in [-0.1, -0.05) is 97.4 Å². The van der Waals surface area contributed by atoms with Crippen molar-refractivity contribution in [2.45, 2.75) is 65.1 Å². The Morgan fingerprint density at radius 3 is 1.97 bits per heavy atom. The topological polar surface area (TPSA) is 49.4 Å². The van der Waals surface area contributed by atoms with Crippen molar-refractivity contribution < 1.29 is 9.59 Å². The Morgan fingerprint density at radius 2 is 1.44 bits per heavy atom. The number of benzene rings is 3. The molecule has 0 saturated carbocycles. The molecule has 0 saturated heterocycles. The third kappa shape index (κ3) is 6.80. The van der Waals surface area contributed by atoms with Crippen LogP contribution in [0.25, 0.3) is 0 Å². The number of rotatable bonds is 10. The van der Waals surface area contributed by atoms with E-state index in [9.17, 15) is 9.59 Å². The number of hydrogen-bond donors (Lipinski definition) is 1. The Labute approximate surface area is 204 Å². The summed E-state index contributed by atoms with van der Waals surface area (Å²) in [6.45, 7) is 8.28. The lowest BCUT2D eigenvalue weighted by Gasteiger charge is -2.31. The summed E-state index contributed by atoms with van der Waals surface area (Å²) in [4.78, 5) is 28.6. The van der Waals surface area contributed by atoms with Crippen LogP contribution in [0.5, 0.6) is 0 Å². The Balaban J connectivity index is 1.91. The molecule has 0 bridgehead atoms. The van der Waals surface area contributed by atoms with Crippen LogP contribution in [0.1, 0.15) is 61.8 Å². The first-order valence-corrected chi connectivity index (χ1v) is 12.1. The Hall–Kier alpha value is -3.40. The fourth-order valence-electron chi connectivity index (χ4n) is 4.15. The van der Waals surface area contributed by atoms with Crippen LogP contribution in [0, 0.1) is 6.92 Å². The first-order valence-electron chi connectivity index (χ1n) is 12.1. The predicted molar refractivity (Wildman–Crippen MR) is 138 cm³/mol. The first kappa shape index (κ1) is 25.2. The van der Waals surface area contributed by atoms with E-state index < -0.39 is 6.04 Å². The van der Waals surface area contributed by atoms with Crippen molar-refractivity contribution in [2.75, 3.05) is 0 Å². The fraction of sp³-hybridized carbons (Fsp3) is 0.333. The molecule has 2 amide bonds. The summed E-state index contributed by atoms with van der Waals surface area (Å²) in [6, 6.07) is 27.8. The molecule has 0 aromatic heterocycles. The minimum absolute atomic E-state index is 0.0361. The molecule has 0 spiro atoms. The number of hydrogen-bond acceptors (Lipinski definition) is 2. The molecule has 0 aliphatic heterocycles. The second-order valence-electron chi connectivity index (χ2n) is 9.08. The maximum absolute atomic E-state index is 13.8. The molecule has 4 nitrogen and oxygen atoms in total. The SMILES string of the molecule is CC[C@H](C)NC(=O)[C@H](C)N(Cc1cccc(C)c1)C(=O)CC(c1ccccc1)c1ccccc1. The average molecular weight is 457 g/mol. The molecule has 0 radical (unpaired) electrons. The van der Waals surface area contributed by atoms with Crippen LogP contribution in [-0.4, -0.2) is 28.8 Å². The minimum atomic E-state index is -0.575. The molecule has 3 rings (SSSR count). The van der Waals surface area contributed by atoms with E-state index in [-0.39, 0.29) is 23.8 Å². The Bertz CT molecular complexity index is 1030. The highest BCUT2D eigenvalue weighted by molar-refractivity contribution is 5.88. The van der Waals surface area contributed by atoms with Gasteiger partial charge < -0.3 is 10.2 Å². The van der Waals surface area contributed by atoms with E-state index in [0.29, 0.717) is 13.0 Å². The van der Waals surface area contributed by atoms with Gasteiger partial charge in [0.1, 0.15) is 6.04 Å². The van der Waals surface area contributed by atoms with Gasteiger partial charge in [0.25, 0.3) is 0 Å². The van der Waals surface area contributed by atoms with E-state index in [1.165, 1.54) is 0 Å². The highest BCUT2D eigenvalue weighted by Gasteiger charge is 2.29. The van der Waals surface area contributed by atoms with Gasteiger partial charge in [-0.2, -0.15) is 0 Å². The Morgan fingerprint density at radius 1 is 0.853 bits per heavy atom. The monoisotopic (exact) mass is 456 g/mol. The molecule has 0 aliphatic carbocycles. The normalized spacial score (nSPS) is 12.7. The van der Waals surface area contributed by atoms with Crippen LogP contribution in [-0.2, 0) is 16.1 Å². The Kier molecular flexibility index (Phi) is 9.03. The molecule has 0 heterocycles. The second kappa shape index (κ2) is 12.2. The summed E-state index contributed by atoms with van der Waals surface area (Å²) >= 11 is 0. The molecule has 1 N–H and O–H groups in total. The van der Waals surface area contributed by atoms with Gasteiger partial charge in [-0.05, 0) is 43.9 Å². The number of amides is 2. The summed E-state index contributed by atoms with van der Waals surface area (Å²) in [5, 5.41) is 3.05. The average Bonchev–Trinajstić information content (AvgIpc) is 2.86. The maximum Gasteiger partial charge on any atom is 0.242 e. The molecule has 3 aromatic carbocycles. The van der Waals surface area contributed by atoms with Crippen molar-refractivity contribution in [1.82, 2.24) is 10.2 Å². The van der Waals surface area contributed by atoms with Crippen molar-refractivity contribution in [3.8, 4) is 0 Å². The molecule has 34 heavy (non-hydrogen) atoms. The summed E-state index contributed by atoms with van der Waals surface area (Å²) in [6.07, 6.45) is 1.13. The lowest BCUT2D eigenvalue weighted by atomic mass is 9.88. The molecular weight excluding hydrogens is 420 g/mol. The molecule has 3 aromatic rings. The lowest BCUT2D eigenvalue weighted by molar-refractivity contribution is -0.141. The van der Waals surface area contributed by atoms with Crippen molar-refractivity contribution in [3.05, 3.63) is 107 Å². The van der Waals surface area contributed by atoms with E-state index in [0.717, 1.165) is 28.7 Å². The summed E-state index contributed by atoms with van der Waals surface area (Å²) < 4.78 is 0. The third-order valence-corrected chi connectivity index (χ3v) is 6.39. The predicted octanol–water partition coefficient (Wildman–Crippen LogP) is 5.85. The summed E-state index contributed by atoms with van der Waals surface area (Å²) in [7, 11) is 0. The first-order chi connectivity index (χ1) is 16.4. The van der Waals surface area contributed by atoms with Crippen molar-refractivity contribution in [3.63, 3.8) is 0 Å². The molecule has 0 unspecified atom stereocenters. The van der Waals surface area contributed by atoms with Gasteiger partial charge in [0, 0.05) is 24.9 Å². The quantitative estimate of drug-likeness (QED) is 0.416. The standard InChI is InChI=1S/C30H36N2O2/c1-5-23(3)31-30(34)24(4)32(21-25-14-12-13-22(2)19-25)29(33)20-28(26-15-8-6-9-16-26)27-17-10-7-11-18-27/h6-19,23-24,28H,5,20-21H2,1-4H3,(H,31,34)/t23-,24-/m0/s1. The van der Waals surface area contributed by atoms with Crippen LogP contribution in [0.3, 0.4) is 0 Å². The maximum atomic E-state index is 13.8. The van der Waals surface area contributed by atoms with Gasteiger partial charge in [0.15, 0.2) is 0 Å². The highest BCUT2D eigenvalue weighted by Crippen LogP contribution is 2.29. The number of carbonyl (C=O) groups is 2. The zero-order valence-electron chi connectivity index (χ0n) is 20.7. The lowest BCUT2D eigenvalue weighted by Crippen LogP contribution is -2.49. The molecule has 4 heteroatoms. The van der Waals surface area contributed by atoms with Gasteiger partial charge in [-0.3, -0.25) is 9.59 Å². The van der Waals surface area contributed by atoms with Crippen LogP contribution in [0.2, 0.25) is 0 Å². The molecular formula is C30H36N2O2. The van der Waals surface area contributed by atoms with E-state index in [4.69, 9.17) is 0 Å². The van der Waals surface area contributed by atoms with Crippen LogP contribution in [0.4, 0.5) is 0 Å². The van der Waals surface area contributed by atoms with Gasteiger partial charge in [-0.15, -0.1) is 0 Å². The fourth-order valence-corrected chi connectivity index (χ4v) is 4.15. The molecule has 0 aliphatic rings. The zero-order valence-corrected chi connectivity index (χ0v) is 20.7. The van der Waals surface area contributed by atoms with Crippen molar-refractivity contribution >= 4 is 11.8 Å². The van der Waals surface area contributed by atoms with Crippen molar-refractivity contribution in [1.29, 1.82) is 0 Å². The summed E-state index contributed by atoms with van der Waals surface area (Å²) in [5.41, 5.74) is 4.34. The van der Waals surface area contributed by atoms with Crippen molar-refractivity contribution in [2.24, 2.45) is 0 Å². The second-order valence-corrected chi connectivity index (χ2v) is 9.08. The van der Waals surface area contributed by atoms with E-state index >= 15 is 0 Å². The van der Waals surface area contributed by atoms with Crippen LogP contribution in [0.15, 0.2) is 84.9 Å². The van der Waals surface area contributed by atoms with Gasteiger partial charge in [0.05, 0.1) is 0 Å². The zero-order chi connectivity index (χ0) is 24.5. The molecule has 2 atom stereocenters.